The first-order valence-corrected chi connectivity index (χ1v) is 8.92. The first kappa shape index (κ1) is 18.0. The van der Waals surface area contributed by atoms with Crippen molar-refractivity contribution in [2.24, 2.45) is 0 Å². The lowest BCUT2D eigenvalue weighted by Gasteiger charge is -2.27. The number of benzene rings is 2. The van der Waals surface area contributed by atoms with Crippen molar-refractivity contribution in [1.29, 1.82) is 0 Å². The molecule has 0 aromatic heterocycles. The Kier molecular flexibility index (Phi) is 5.26. The Morgan fingerprint density at radius 3 is 2.04 bits per heavy atom. The van der Waals surface area contributed by atoms with Crippen molar-refractivity contribution >= 4 is 12.1 Å². The molecule has 0 heterocycles. The van der Waals surface area contributed by atoms with Gasteiger partial charge in [-0.25, -0.2) is 9.59 Å². The Balaban J connectivity index is 1.79. The number of carboxylic acid groups (broad SMARTS) is 1. The van der Waals surface area contributed by atoms with E-state index in [2.05, 4.69) is 24.3 Å². The van der Waals surface area contributed by atoms with Gasteiger partial charge in [0, 0.05) is 12.5 Å². The van der Waals surface area contributed by atoms with Crippen molar-refractivity contribution < 1.29 is 19.4 Å². The molecule has 0 spiro atoms. The van der Waals surface area contributed by atoms with Crippen molar-refractivity contribution in [2.75, 3.05) is 13.2 Å². The van der Waals surface area contributed by atoms with Gasteiger partial charge in [0.1, 0.15) is 12.6 Å². The van der Waals surface area contributed by atoms with E-state index in [1.807, 2.05) is 24.3 Å². The third-order valence-corrected chi connectivity index (χ3v) is 4.96. The fourth-order valence-electron chi connectivity index (χ4n) is 3.68. The van der Waals surface area contributed by atoms with Crippen LogP contribution in [0, 0.1) is 0 Å². The minimum absolute atomic E-state index is 0.0324. The lowest BCUT2D eigenvalue weighted by molar-refractivity contribution is -0.142. The van der Waals surface area contributed by atoms with Gasteiger partial charge in [0.2, 0.25) is 0 Å². The third-order valence-electron chi connectivity index (χ3n) is 4.96. The molecule has 0 saturated heterocycles. The number of carbonyl (C=O) groups is 2. The summed E-state index contributed by atoms with van der Waals surface area (Å²) in [7, 11) is 0. The van der Waals surface area contributed by atoms with E-state index >= 15 is 0 Å². The van der Waals surface area contributed by atoms with Crippen molar-refractivity contribution in [3.05, 3.63) is 59.7 Å². The van der Waals surface area contributed by atoms with Crippen LogP contribution in [0.1, 0.15) is 37.3 Å². The fraction of sp³-hybridized carbons (Fsp3) is 0.333. The number of nitrogens with zero attached hydrogens (tertiary/aromatic N) is 1. The summed E-state index contributed by atoms with van der Waals surface area (Å²) < 4.78 is 5.55. The van der Waals surface area contributed by atoms with Crippen molar-refractivity contribution in [1.82, 2.24) is 4.90 Å². The van der Waals surface area contributed by atoms with Gasteiger partial charge in [-0.15, -0.1) is 0 Å². The summed E-state index contributed by atoms with van der Waals surface area (Å²) in [5.41, 5.74) is 4.59. The molecule has 26 heavy (non-hydrogen) atoms. The zero-order valence-electron chi connectivity index (χ0n) is 15.0. The van der Waals surface area contributed by atoms with Gasteiger partial charge in [-0.3, -0.25) is 4.90 Å². The molecular weight excluding hydrogens is 330 g/mol. The third kappa shape index (κ3) is 3.17. The maximum absolute atomic E-state index is 12.5. The predicted octanol–water partition coefficient (Wildman–Crippen LogP) is 4.12. The van der Waals surface area contributed by atoms with Gasteiger partial charge in [0.15, 0.2) is 0 Å². The number of rotatable bonds is 6. The van der Waals surface area contributed by atoms with E-state index in [0.29, 0.717) is 13.0 Å². The minimum Gasteiger partial charge on any atom is -0.480 e. The lowest BCUT2D eigenvalue weighted by Crippen LogP contribution is -2.45. The molecule has 1 atom stereocenters. The van der Waals surface area contributed by atoms with Crippen LogP contribution in [0.25, 0.3) is 11.1 Å². The number of carbonyl (C=O) groups excluding carboxylic acids is 1. The quantitative estimate of drug-likeness (QED) is 0.848. The van der Waals surface area contributed by atoms with Gasteiger partial charge in [0.05, 0.1) is 0 Å². The first-order valence-electron chi connectivity index (χ1n) is 8.92. The number of ether oxygens (including phenoxy) is 1. The molecule has 0 saturated carbocycles. The number of carboxylic acids is 1. The van der Waals surface area contributed by atoms with Gasteiger partial charge in [0.25, 0.3) is 0 Å². The largest absolute Gasteiger partial charge is 0.480 e. The molecule has 0 aliphatic heterocycles. The number of amides is 1. The summed E-state index contributed by atoms with van der Waals surface area (Å²) in [4.78, 5) is 25.1. The van der Waals surface area contributed by atoms with Crippen LogP contribution in [-0.2, 0) is 9.53 Å². The second-order valence-electron chi connectivity index (χ2n) is 6.35. The molecule has 0 radical (unpaired) electrons. The molecule has 5 nitrogen and oxygen atoms in total. The predicted molar refractivity (Wildman–Crippen MR) is 99.2 cm³/mol. The van der Waals surface area contributed by atoms with Gasteiger partial charge in [-0.05, 0) is 35.6 Å². The van der Waals surface area contributed by atoms with Gasteiger partial charge < -0.3 is 9.84 Å². The molecule has 1 N–H and O–H groups in total. The number of likely N-dealkylation sites (N-methyl/N-ethyl adjacent to an activating group) is 1. The average Bonchev–Trinajstić information content (AvgIpc) is 2.97. The van der Waals surface area contributed by atoms with Gasteiger partial charge in [-0.1, -0.05) is 55.5 Å². The molecule has 3 rings (SSSR count). The SMILES string of the molecule is CCC(C(=O)O)N(CC)C(=O)OCC1c2ccccc2-c2ccccc21. The summed E-state index contributed by atoms with van der Waals surface area (Å²) in [5.74, 6) is -1.04. The van der Waals surface area contributed by atoms with Crippen LogP contribution in [0.2, 0.25) is 0 Å². The minimum atomic E-state index is -1.01. The molecule has 1 aliphatic rings. The monoisotopic (exact) mass is 353 g/mol. The molecule has 1 amide bonds. The highest BCUT2D eigenvalue weighted by molar-refractivity contribution is 5.81. The van der Waals surface area contributed by atoms with Gasteiger partial charge >= 0.3 is 12.1 Å². The molecule has 1 aliphatic carbocycles. The van der Waals surface area contributed by atoms with E-state index in [1.165, 1.54) is 4.90 Å². The van der Waals surface area contributed by atoms with E-state index in [1.54, 1.807) is 13.8 Å². The van der Waals surface area contributed by atoms with Crippen LogP contribution in [0.5, 0.6) is 0 Å². The topological polar surface area (TPSA) is 66.8 Å². The van der Waals surface area contributed by atoms with Crippen LogP contribution in [0.15, 0.2) is 48.5 Å². The highest BCUT2D eigenvalue weighted by Crippen LogP contribution is 2.44. The number of aliphatic carboxylic acids is 1. The van der Waals surface area contributed by atoms with Gasteiger partial charge in [-0.2, -0.15) is 0 Å². The Hall–Kier alpha value is -2.82. The lowest BCUT2D eigenvalue weighted by atomic mass is 9.98. The zero-order valence-corrected chi connectivity index (χ0v) is 15.0. The molecule has 0 bridgehead atoms. The summed E-state index contributed by atoms with van der Waals surface area (Å²) >= 11 is 0. The number of hydrogen-bond donors (Lipinski definition) is 1. The maximum atomic E-state index is 12.5. The van der Waals surface area contributed by atoms with E-state index < -0.39 is 18.1 Å². The van der Waals surface area contributed by atoms with Crippen LogP contribution in [0.4, 0.5) is 4.79 Å². The highest BCUT2D eigenvalue weighted by Gasteiger charge is 2.32. The van der Waals surface area contributed by atoms with Crippen molar-refractivity contribution in [3.8, 4) is 11.1 Å². The van der Waals surface area contributed by atoms with Crippen molar-refractivity contribution in [3.63, 3.8) is 0 Å². The van der Waals surface area contributed by atoms with E-state index in [0.717, 1.165) is 22.3 Å². The van der Waals surface area contributed by atoms with Crippen LogP contribution in [0.3, 0.4) is 0 Å². The molecular formula is C21H23NO4. The van der Waals surface area contributed by atoms with Crippen LogP contribution >= 0.6 is 0 Å². The first-order chi connectivity index (χ1) is 12.6. The Morgan fingerprint density at radius 1 is 1.04 bits per heavy atom. The average molecular weight is 353 g/mol. The molecule has 2 aromatic carbocycles. The summed E-state index contributed by atoms with van der Waals surface area (Å²) in [6.45, 7) is 3.99. The van der Waals surface area contributed by atoms with Crippen LogP contribution in [-0.4, -0.2) is 41.3 Å². The summed E-state index contributed by atoms with van der Waals surface area (Å²) in [5, 5.41) is 9.31. The van der Waals surface area contributed by atoms with Crippen molar-refractivity contribution in [2.45, 2.75) is 32.2 Å². The standard InChI is InChI=1S/C21H23NO4/c1-3-19(20(23)24)22(4-2)21(25)26-13-18-16-11-7-5-9-14(16)15-10-6-8-12-17(15)18/h5-12,18-19H,3-4,13H2,1-2H3,(H,23,24). The highest BCUT2D eigenvalue weighted by atomic mass is 16.6. The Morgan fingerprint density at radius 2 is 1.58 bits per heavy atom. The normalized spacial score (nSPS) is 13.6. The van der Waals surface area contributed by atoms with E-state index in [4.69, 9.17) is 4.74 Å². The maximum Gasteiger partial charge on any atom is 0.410 e. The summed E-state index contributed by atoms with van der Waals surface area (Å²) in [6.07, 6.45) is -0.239. The van der Waals surface area contributed by atoms with E-state index in [-0.39, 0.29) is 12.5 Å². The Bertz CT molecular complexity index is 772. The zero-order chi connectivity index (χ0) is 18.7. The Labute approximate surface area is 153 Å². The fourth-order valence-corrected chi connectivity index (χ4v) is 3.68. The van der Waals surface area contributed by atoms with Crippen LogP contribution < -0.4 is 0 Å². The number of hydrogen-bond acceptors (Lipinski definition) is 3. The van der Waals surface area contributed by atoms with E-state index in [9.17, 15) is 14.7 Å². The second-order valence-corrected chi connectivity index (χ2v) is 6.35. The molecule has 1 unspecified atom stereocenters. The summed E-state index contributed by atoms with van der Waals surface area (Å²) in [6, 6.07) is 15.4. The molecule has 2 aromatic rings. The molecule has 5 heteroatoms. The number of fused-ring (bicyclic) bond motifs is 3. The molecule has 136 valence electrons. The second kappa shape index (κ2) is 7.60. The molecule has 0 fully saturated rings. The smallest absolute Gasteiger partial charge is 0.410 e.